The van der Waals surface area contributed by atoms with E-state index in [4.69, 9.17) is 20.7 Å². The van der Waals surface area contributed by atoms with E-state index in [0.717, 1.165) is 21.4 Å². The number of nitrogens with one attached hydrogen (secondary N) is 2. The summed E-state index contributed by atoms with van der Waals surface area (Å²) < 4.78 is 11.2. The zero-order chi connectivity index (χ0) is 25.2. The average molecular weight is 468 g/mol. The third-order valence-corrected chi connectivity index (χ3v) is 5.38. The van der Waals surface area contributed by atoms with Crippen molar-refractivity contribution in [2.45, 2.75) is 52.2 Å². The third-order valence-electron chi connectivity index (χ3n) is 5.38. The van der Waals surface area contributed by atoms with E-state index in [1.165, 1.54) is 12.1 Å². The fraction of sp³-hybridized carbons (Fsp3) is 0.375. The van der Waals surface area contributed by atoms with Crippen LogP contribution < -0.4 is 16.8 Å². The number of carbonyl (C=O) groups is 3. The normalized spacial score (nSPS) is 14.8. The number of carbonyl (C=O) groups excluding carboxylic acids is 3. The van der Waals surface area contributed by atoms with Crippen LogP contribution in [0.3, 0.4) is 0 Å². The number of aromatic nitrogens is 2. The summed E-state index contributed by atoms with van der Waals surface area (Å²) >= 11 is 0. The van der Waals surface area contributed by atoms with E-state index in [-0.39, 0.29) is 24.0 Å². The first-order valence-electron chi connectivity index (χ1n) is 10.8. The Morgan fingerprint density at radius 2 is 2.03 bits per heavy atom. The summed E-state index contributed by atoms with van der Waals surface area (Å²) in [5.41, 5.74) is 1.64. The number of hydrogen-bond acceptors (Lipinski definition) is 8. The first kappa shape index (κ1) is 24.7. The van der Waals surface area contributed by atoms with Crippen molar-refractivity contribution < 1.29 is 23.9 Å². The van der Waals surface area contributed by atoms with Crippen LogP contribution in [-0.4, -0.2) is 39.7 Å². The van der Waals surface area contributed by atoms with Crippen molar-refractivity contribution in [1.29, 1.82) is 5.41 Å². The molecule has 1 amide bonds. The molecule has 1 aromatic heterocycles. The van der Waals surface area contributed by atoms with Gasteiger partial charge < -0.3 is 20.6 Å². The summed E-state index contributed by atoms with van der Waals surface area (Å²) in [6.07, 6.45) is 2.79. The Labute approximate surface area is 197 Å². The van der Waals surface area contributed by atoms with Gasteiger partial charge in [-0.2, -0.15) is 0 Å². The highest BCUT2D eigenvalue weighted by Gasteiger charge is 2.29. The van der Waals surface area contributed by atoms with Crippen molar-refractivity contribution in [3.63, 3.8) is 0 Å². The molecule has 10 heteroatoms. The van der Waals surface area contributed by atoms with Crippen LogP contribution >= 0.6 is 0 Å². The first-order chi connectivity index (χ1) is 15.9. The van der Waals surface area contributed by atoms with Crippen molar-refractivity contribution in [3.05, 3.63) is 70.1 Å². The van der Waals surface area contributed by atoms with Gasteiger partial charge >= 0.3 is 11.9 Å². The maximum Gasteiger partial charge on any atom is 0.357 e. The largest absolute Gasteiger partial charge is 0.458 e. The SMILES string of the molecule is C=CCOC(=O)c1ccc2c(c1C)CC[C@@H]2NC(=O)c1cc(C(=O)OC(C)(C)C)nc(=N)n1N. The van der Waals surface area contributed by atoms with Gasteiger partial charge in [0.2, 0.25) is 5.62 Å². The highest BCUT2D eigenvalue weighted by Crippen LogP contribution is 2.35. The standard InChI is InChI=1S/C24H29N5O5/c1-6-11-33-21(31)15-7-8-16-14(13(15)2)9-10-17(16)27-20(30)19-12-18(28-23(25)29(19)26)22(32)34-24(3,4)5/h6-8,12,17,25H,1,9-11,26H2,2-5H3,(H,27,30)/t17-/m0/s1. The number of hydrogen-bond donors (Lipinski definition) is 3. The van der Waals surface area contributed by atoms with Gasteiger partial charge in [-0.1, -0.05) is 18.7 Å². The van der Waals surface area contributed by atoms with E-state index in [1.807, 2.05) is 6.92 Å². The van der Waals surface area contributed by atoms with Gasteiger partial charge in [0.25, 0.3) is 5.91 Å². The smallest absolute Gasteiger partial charge is 0.357 e. The number of nitrogens with zero attached hydrogens (tertiary/aromatic N) is 2. The molecule has 3 rings (SSSR count). The third kappa shape index (κ3) is 5.16. The molecule has 4 N–H and O–H groups in total. The highest BCUT2D eigenvalue weighted by atomic mass is 16.6. The van der Waals surface area contributed by atoms with Crippen LogP contribution in [0.15, 0.2) is 30.9 Å². The Bertz CT molecular complexity index is 1230. The molecule has 0 radical (unpaired) electrons. The Morgan fingerprint density at radius 1 is 1.32 bits per heavy atom. The molecule has 0 saturated heterocycles. The second-order valence-corrected chi connectivity index (χ2v) is 8.98. The molecule has 0 aliphatic heterocycles. The van der Waals surface area contributed by atoms with Gasteiger partial charge in [-0.05, 0) is 63.3 Å². The lowest BCUT2D eigenvalue weighted by Gasteiger charge is -2.20. The van der Waals surface area contributed by atoms with E-state index < -0.39 is 29.1 Å². The van der Waals surface area contributed by atoms with Crippen LogP contribution in [0.4, 0.5) is 0 Å². The molecule has 34 heavy (non-hydrogen) atoms. The van der Waals surface area contributed by atoms with E-state index >= 15 is 0 Å². The van der Waals surface area contributed by atoms with Crippen molar-refractivity contribution in [3.8, 4) is 0 Å². The quantitative estimate of drug-likeness (QED) is 0.334. The minimum Gasteiger partial charge on any atom is -0.458 e. The number of esters is 2. The average Bonchev–Trinajstić information content (AvgIpc) is 3.16. The zero-order valence-corrected chi connectivity index (χ0v) is 19.7. The van der Waals surface area contributed by atoms with Gasteiger partial charge in [-0.15, -0.1) is 0 Å². The van der Waals surface area contributed by atoms with Crippen molar-refractivity contribution in [2.24, 2.45) is 0 Å². The van der Waals surface area contributed by atoms with Crippen LogP contribution in [0.2, 0.25) is 0 Å². The lowest BCUT2D eigenvalue weighted by atomic mass is 9.98. The lowest BCUT2D eigenvalue weighted by Crippen LogP contribution is -2.40. The molecule has 0 unspecified atom stereocenters. The molecule has 180 valence electrons. The predicted molar refractivity (Wildman–Crippen MR) is 124 cm³/mol. The van der Waals surface area contributed by atoms with Gasteiger partial charge in [0.15, 0.2) is 5.69 Å². The van der Waals surface area contributed by atoms with Crippen LogP contribution in [0.1, 0.15) is 81.3 Å². The summed E-state index contributed by atoms with van der Waals surface area (Å²) in [7, 11) is 0. The molecule has 2 aromatic rings. The van der Waals surface area contributed by atoms with Gasteiger partial charge in [0.1, 0.15) is 17.9 Å². The molecule has 1 atom stereocenters. The summed E-state index contributed by atoms with van der Waals surface area (Å²) in [5.74, 6) is 4.12. The number of ether oxygens (including phenoxy) is 2. The Hall–Kier alpha value is -3.95. The zero-order valence-electron chi connectivity index (χ0n) is 19.7. The van der Waals surface area contributed by atoms with Gasteiger partial charge in [-0.25, -0.2) is 19.2 Å². The molecule has 10 nitrogen and oxygen atoms in total. The molecule has 1 heterocycles. The van der Waals surface area contributed by atoms with Crippen LogP contribution in [0.5, 0.6) is 0 Å². The summed E-state index contributed by atoms with van der Waals surface area (Å²) in [4.78, 5) is 41.6. The molecular formula is C24H29N5O5. The van der Waals surface area contributed by atoms with E-state index in [1.54, 1.807) is 32.9 Å². The van der Waals surface area contributed by atoms with Crippen LogP contribution in [-0.2, 0) is 15.9 Å². The highest BCUT2D eigenvalue weighted by molar-refractivity contribution is 5.96. The van der Waals surface area contributed by atoms with Crippen LogP contribution in [0.25, 0.3) is 0 Å². The predicted octanol–water partition coefficient (Wildman–Crippen LogP) is 2.10. The molecular weight excluding hydrogens is 438 g/mol. The topological polar surface area (TPSA) is 149 Å². The van der Waals surface area contributed by atoms with E-state index in [0.29, 0.717) is 18.4 Å². The van der Waals surface area contributed by atoms with E-state index in [9.17, 15) is 14.4 Å². The number of nitrogen functional groups attached to an aromatic ring is 1. The lowest BCUT2D eigenvalue weighted by molar-refractivity contribution is 0.00616. The van der Waals surface area contributed by atoms with Gasteiger partial charge in [0.05, 0.1) is 11.6 Å². The Morgan fingerprint density at radius 3 is 2.68 bits per heavy atom. The monoisotopic (exact) mass is 467 g/mol. The number of rotatable bonds is 6. The first-order valence-corrected chi connectivity index (χ1v) is 10.8. The maximum atomic E-state index is 13.1. The summed E-state index contributed by atoms with van der Waals surface area (Å²) in [6, 6.07) is 4.37. The molecule has 0 saturated carbocycles. The van der Waals surface area contributed by atoms with E-state index in [2.05, 4.69) is 16.9 Å². The summed E-state index contributed by atoms with van der Waals surface area (Å²) in [5, 5.41) is 10.9. The van der Waals surface area contributed by atoms with Gasteiger partial charge in [0, 0.05) is 6.07 Å². The second-order valence-electron chi connectivity index (χ2n) is 8.98. The van der Waals surface area contributed by atoms with Crippen LogP contribution in [0, 0.1) is 12.3 Å². The molecule has 1 aromatic carbocycles. The van der Waals surface area contributed by atoms with Crippen molar-refractivity contribution >= 4 is 17.8 Å². The molecule has 1 aliphatic carbocycles. The number of nitrogens with two attached hydrogens (primary N) is 1. The minimum atomic E-state index is -0.764. The Kier molecular flexibility index (Phi) is 6.90. The fourth-order valence-corrected chi connectivity index (χ4v) is 3.82. The number of benzene rings is 1. The van der Waals surface area contributed by atoms with Gasteiger partial charge in [-0.3, -0.25) is 10.2 Å². The fourth-order valence-electron chi connectivity index (χ4n) is 3.82. The summed E-state index contributed by atoms with van der Waals surface area (Å²) in [6.45, 7) is 10.6. The van der Waals surface area contributed by atoms with Crippen molar-refractivity contribution in [1.82, 2.24) is 15.0 Å². The molecule has 0 bridgehead atoms. The minimum absolute atomic E-state index is 0.101. The maximum absolute atomic E-state index is 13.1. The second kappa shape index (κ2) is 9.50. The number of amides is 1. The molecule has 0 spiro atoms. The Balaban J connectivity index is 1.85. The molecule has 1 aliphatic rings. The number of fused-ring (bicyclic) bond motifs is 1. The molecule has 0 fully saturated rings. The van der Waals surface area contributed by atoms with Crippen molar-refractivity contribution in [2.75, 3.05) is 12.4 Å².